The van der Waals surface area contributed by atoms with Gasteiger partial charge in [0.25, 0.3) is 0 Å². The van der Waals surface area contributed by atoms with Gasteiger partial charge < -0.3 is 24.1 Å². The molecule has 0 amide bonds. The topological polar surface area (TPSA) is 89.1 Å². The third-order valence-corrected chi connectivity index (χ3v) is 2.38. The lowest BCUT2D eigenvalue weighted by Gasteiger charge is -2.09. The number of aliphatic hydroxyl groups excluding tert-OH is 1. The monoisotopic (exact) mass is 252 g/mol. The number of fused-ring (bicyclic) bond motifs is 1. The molecule has 1 aromatic heterocycles. The van der Waals surface area contributed by atoms with Crippen molar-refractivity contribution in [3.8, 4) is 17.2 Å². The van der Waals surface area contributed by atoms with Gasteiger partial charge >= 0.3 is 5.63 Å². The maximum atomic E-state index is 11.6. The molecule has 0 aliphatic carbocycles. The Morgan fingerprint density at radius 2 is 2.17 bits per heavy atom. The van der Waals surface area contributed by atoms with E-state index in [9.17, 15) is 9.90 Å². The molecule has 0 radical (unpaired) electrons. The molecule has 0 aliphatic heterocycles. The molecule has 0 bridgehead atoms. The first-order valence-electron chi connectivity index (χ1n) is 5.25. The molecule has 2 N–H and O–H groups in total. The largest absolute Gasteiger partial charge is 0.504 e. The van der Waals surface area contributed by atoms with Crippen LogP contribution >= 0.6 is 0 Å². The van der Waals surface area contributed by atoms with Crippen molar-refractivity contribution in [2.75, 3.05) is 20.3 Å². The maximum Gasteiger partial charge on any atom is 0.383 e. The number of benzene rings is 1. The average Bonchev–Trinajstić information content (AvgIpc) is 2.37. The van der Waals surface area contributed by atoms with E-state index < -0.39 is 5.63 Å². The van der Waals surface area contributed by atoms with Crippen molar-refractivity contribution < 1.29 is 24.1 Å². The molecule has 0 saturated heterocycles. The first kappa shape index (κ1) is 12.3. The highest BCUT2D eigenvalue weighted by atomic mass is 16.5. The van der Waals surface area contributed by atoms with Crippen LogP contribution in [0, 0.1) is 0 Å². The van der Waals surface area contributed by atoms with Crippen LogP contribution in [0.1, 0.15) is 0 Å². The second-order valence-electron chi connectivity index (χ2n) is 3.48. The van der Waals surface area contributed by atoms with Crippen LogP contribution in [0.15, 0.2) is 27.4 Å². The molecule has 0 fully saturated rings. The van der Waals surface area contributed by atoms with Gasteiger partial charge in [-0.25, -0.2) is 4.79 Å². The summed E-state index contributed by atoms with van der Waals surface area (Å²) < 4.78 is 15.0. The number of aliphatic hydroxyl groups is 1. The summed E-state index contributed by atoms with van der Waals surface area (Å²) in [6.07, 6.45) is 0. The molecule has 1 aromatic carbocycles. The highest BCUT2D eigenvalue weighted by molar-refractivity contribution is 5.89. The van der Waals surface area contributed by atoms with Crippen molar-refractivity contribution in [1.29, 1.82) is 0 Å². The van der Waals surface area contributed by atoms with E-state index in [-0.39, 0.29) is 36.0 Å². The summed E-state index contributed by atoms with van der Waals surface area (Å²) in [4.78, 5) is 11.6. The molecule has 96 valence electrons. The van der Waals surface area contributed by atoms with Crippen molar-refractivity contribution in [3.63, 3.8) is 0 Å². The van der Waals surface area contributed by atoms with Gasteiger partial charge in [0.05, 0.1) is 19.1 Å². The molecule has 2 aromatic rings. The SMILES string of the molecule is COc1c(O)c2cccc(OCCO)c2oc1=O. The highest BCUT2D eigenvalue weighted by Crippen LogP contribution is 2.35. The van der Waals surface area contributed by atoms with Crippen molar-refractivity contribution >= 4 is 11.0 Å². The fraction of sp³-hybridized carbons (Fsp3) is 0.250. The normalized spacial score (nSPS) is 10.6. The Hall–Kier alpha value is -2.21. The van der Waals surface area contributed by atoms with Gasteiger partial charge in [-0.2, -0.15) is 0 Å². The molecular weight excluding hydrogens is 240 g/mol. The van der Waals surface area contributed by atoms with Crippen LogP contribution in [-0.2, 0) is 0 Å². The van der Waals surface area contributed by atoms with Gasteiger partial charge in [-0.15, -0.1) is 0 Å². The number of methoxy groups -OCH3 is 1. The van der Waals surface area contributed by atoms with Gasteiger partial charge in [0.15, 0.2) is 17.1 Å². The van der Waals surface area contributed by atoms with E-state index in [1.807, 2.05) is 0 Å². The number of rotatable bonds is 4. The van der Waals surface area contributed by atoms with Crippen molar-refractivity contribution in [1.82, 2.24) is 0 Å². The minimum Gasteiger partial charge on any atom is -0.504 e. The van der Waals surface area contributed by atoms with Crippen LogP contribution in [-0.4, -0.2) is 30.5 Å². The Kier molecular flexibility index (Phi) is 3.38. The van der Waals surface area contributed by atoms with Crippen LogP contribution in [0.3, 0.4) is 0 Å². The third-order valence-electron chi connectivity index (χ3n) is 2.38. The summed E-state index contributed by atoms with van der Waals surface area (Å²) in [5, 5.41) is 18.9. The van der Waals surface area contributed by atoms with Gasteiger partial charge in [-0.05, 0) is 12.1 Å². The molecule has 0 aliphatic rings. The Labute approximate surface area is 102 Å². The van der Waals surface area contributed by atoms with Crippen molar-refractivity contribution in [2.45, 2.75) is 0 Å². The van der Waals surface area contributed by atoms with Gasteiger partial charge in [0, 0.05) is 0 Å². The minimum atomic E-state index is -0.789. The maximum absolute atomic E-state index is 11.6. The Morgan fingerprint density at radius 1 is 1.39 bits per heavy atom. The second-order valence-corrected chi connectivity index (χ2v) is 3.48. The fourth-order valence-electron chi connectivity index (χ4n) is 1.61. The smallest absolute Gasteiger partial charge is 0.383 e. The first-order chi connectivity index (χ1) is 8.69. The zero-order valence-corrected chi connectivity index (χ0v) is 9.67. The predicted molar refractivity (Wildman–Crippen MR) is 63.3 cm³/mol. The van der Waals surface area contributed by atoms with Gasteiger partial charge in [0.1, 0.15) is 6.61 Å². The Bertz CT molecular complexity index is 616. The van der Waals surface area contributed by atoms with Crippen LogP contribution in [0.2, 0.25) is 0 Å². The number of hydrogen-bond acceptors (Lipinski definition) is 6. The van der Waals surface area contributed by atoms with E-state index in [2.05, 4.69) is 0 Å². The molecule has 0 spiro atoms. The average molecular weight is 252 g/mol. The minimum absolute atomic E-state index is 0.0651. The lowest BCUT2D eigenvalue weighted by Crippen LogP contribution is -2.06. The van der Waals surface area contributed by atoms with Crippen LogP contribution < -0.4 is 15.1 Å². The van der Waals surface area contributed by atoms with Crippen LogP contribution in [0.5, 0.6) is 17.2 Å². The van der Waals surface area contributed by atoms with E-state index >= 15 is 0 Å². The summed E-state index contributed by atoms with van der Waals surface area (Å²) in [6, 6.07) is 4.78. The van der Waals surface area contributed by atoms with Gasteiger partial charge in [-0.3, -0.25) is 0 Å². The summed E-state index contributed by atoms with van der Waals surface area (Å²) in [7, 11) is 1.27. The van der Waals surface area contributed by atoms with E-state index in [0.717, 1.165) is 0 Å². The summed E-state index contributed by atoms with van der Waals surface area (Å²) >= 11 is 0. The zero-order valence-electron chi connectivity index (χ0n) is 9.67. The molecule has 18 heavy (non-hydrogen) atoms. The molecule has 0 atom stereocenters. The van der Waals surface area contributed by atoms with Crippen LogP contribution in [0.4, 0.5) is 0 Å². The number of hydrogen-bond donors (Lipinski definition) is 2. The van der Waals surface area contributed by atoms with E-state index in [1.165, 1.54) is 7.11 Å². The molecular formula is C12H12O6. The number of aromatic hydroxyl groups is 1. The lowest BCUT2D eigenvalue weighted by molar-refractivity contribution is 0.201. The lowest BCUT2D eigenvalue weighted by atomic mass is 10.2. The number of para-hydroxylation sites is 1. The van der Waals surface area contributed by atoms with Gasteiger partial charge in [0.2, 0.25) is 5.75 Å². The predicted octanol–water partition coefficient (Wildman–Crippen LogP) is 0.878. The van der Waals surface area contributed by atoms with Crippen molar-refractivity contribution in [3.05, 3.63) is 28.6 Å². The highest BCUT2D eigenvalue weighted by Gasteiger charge is 2.16. The third kappa shape index (κ3) is 1.98. The van der Waals surface area contributed by atoms with E-state index in [1.54, 1.807) is 18.2 Å². The molecule has 0 saturated carbocycles. The molecule has 0 unspecified atom stereocenters. The quantitative estimate of drug-likeness (QED) is 0.785. The van der Waals surface area contributed by atoms with Gasteiger partial charge in [-0.1, -0.05) is 6.07 Å². The molecule has 2 rings (SSSR count). The van der Waals surface area contributed by atoms with Crippen LogP contribution in [0.25, 0.3) is 11.0 Å². The summed E-state index contributed by atoms with van der Waals surface area (Å²) in [6.45, 7) is -0.0988. The van der Waals surface area contributed by atoms with E-state index in [0.29, 0.717) is 5.39 Å². The standard InChI is InChI=1S/C12H12O6/c1-16-11-9(14)7-3-2-4-8(17-6-5-13)10(7)18-12(11)15/h2-4,13-14H,5-6H2,1H3. The summed E-state index contributed by atoms with van der Waals surface area (Å²) in [5.74, 6) is -0.267. The second kappa shape index (κ2) is 4.97. The summed E-state index contributed by atoms with van der Waals surface area (Å²) in [5.41, 5.74) is -0.670. The Morgan fingerprint density at radius 3 is 2.83 bits per heavy atom. The fourth-order valence-corrected chi connectivity index (χ4v) is 1.61. The molecule has 6 nitrogen and oxygen atoms in total. The van der Waals surface area contributed by atoms with Crippen molar-refractivity contribution in [2.24, 2.45) is 0 Å². The zero-order chi connectivity index (χ0) is 13.1. The number of ether oxygens (including phenoxy) is 2. The first-order valence-corrected chi connectivity index (χ1v) is 5.25. The molecule has 1 heterocycles. The molecule has 6 heteroatoms. The Balaban J connectivity index is 2.67. The van der Waals surface area contributed by atoms with E-state index in [4.69, 9.17) is 19.0 Å².